The second kappa shape index (κ2) is 34.2. The van der Waals surface area contributed by atoms with E-state index in [2.05, 4.69) is 231 Å². The summed E-state index contributed by atoms with van der Waals surface area (Å²) < 4.78 is 0.107. The maximum absolute atomic E-state index is 10.2. The first-order valence-electron chi connectivity index (χ1n) is 39.1. The number of nitrogens with zero attached hydrogens (tertiary/aromatic N) is 13. The Morgan fingerprint density at radius 2 is 0.694 bits per heavy atom. The van der Waals surface area contributed by atoms with Crippen LogP contribution in [0, 0.1) is 20.8 Å². The van der Waals surface area contributed by atoms with Gasteiger partial charge in [-0.05, 0) is 148 Å². The van der Waals surface area contributed by atoms with Crippen molar-refractivity contribution in [3.63, 3.8) is 0 Å². The number of nitrogens with one attached hydrogen (secondary N) is 3. The topological polar surface area (TPSA) is 141 Å². The van der Waals surface area contributed by atoms with Gasteiger partial charge in [0.2, 0.25) is 0 Å². The summed E-state index contributed by atoms with van der Waals surface area (Å²) in [7, 11) is 6.25. The van der Waals surface area contributed by atoms with Crippen molar-refractivity contribution < 1.29 is 9.85 Å². The third-order valence-corrected chi connectivity index (χ3v) is 25.8. The van der Waals surface area contributed by atoms with Crippen LogP contribution in [0.4, 0.5) is 39.8 Å². The minimum Gasteiger partial charge on any atom is -0.354 e. The molecule has 22 heteroatoms. The van der Waals surface area contributed by atoms with Gasteiger partial charge in [0.15, 0.2) is 0 Å². The number of aliphatic imine (C=N–C) groups is 5. The zero-order valence-corrected chi connectivity index (χ0v) is 68.4. The average Bonchev–Trinajstić information content (AvgIpc) is 1.66. The second-order valence-corrected chi connectivity index (χ2v) is 35.3. The molecule has 3 aromatic heterocycles. The normalized spacial score (nSPS) is 18.2. The van der Waals surface area contributed by atoms with Crippen LogP contribution >= 0.6 is 57.2 Å². The number of hydrogen-bond donors (Lipinski definition) is 4. The van der Waals surface area contributed by atoms with Crippen molar-refractivity contribution >= 4 is 126 Å². The number of amidine groups is 5. The molecule has 13 heterocycles. The van der Waals surface area contributed by atoms with Crippen molar-refractivity contribution in [1.82, 2.24) is 44.9 Å². The molecule has 10 aliphatic heterocycles. The van der Waals surface area contributed by atoms with Crippen LogP contribution in [-0.4, -0.2) is 225 Å². The fourth-order valence-electron chi connectivity index (χ4n) is 16.0. The fourth-order valence-corrected chi connectivity index (χ4v) is 19.5. The molecule has 0 spiro atoms. The van der Waals surface area contributed by atoms with Crippen LogP contribution in [0.2, 0.25) is 10.0 Å². The lowest BCUT2D eigenvalue weighted by Gasteiger charge is -2.37. The molecule has 7 aromatic carbocycles. The standard InChI is InChI=1S/C19H20ClN3.C18H22N3OS.C18H21N3S.C17H17ClN4.C17H19N3S/c1-22-8-10-23(11-9-22)19-17-13-16(20)7-6-14(17)12-15-4-2-3-5-18(15)21-19;1-13-11-15-17(23-13)12-14-5-3-4-6-16(14)19-18(15)20-7-9-21(2,22)10-8-20;1-13-11-15-17(22-13)12-14-5-3-4-6-16(14)19-18(15)21-9-7-20(2)8-10-21;18-12-5-6-15-16(11-12)21-17(22-9-7-19-8-10-22)13-3-1-2-4-14(13)20-15;1-12-10-14-16(21-12)11-13-4-2-3-5-15(13)19-17(14)20-8-6-18-7-9-20/h2-7,13H,8-12H2,1H3;3-6,11,22H,7-10,12H2,1-2H3;3-6,11H,7-10,12H2,1-2H3;1-6,11,19-20H,7-10H2;2-5,10,18H,6-9,11H2,1H3/q;+1;;;. The van der Waals surface area contributed by atoms with Gasteiger partial charge in [-0.1, -0.05) is 114 Å². The lowest BCUT2D eigenvalue weighted by Crippen LogP contribution is -2.56. The number of likely N-dealkylation sites (N-methyl/N-ethyl adjacent to an activating group) is 3. The molecule has 4 N–H and O–H groups in total. The summed E-state index contributed by atoms with van der Waals surface area (Å²) >= 11 is 18.1. The van der Waals surface area contributed by atoms with Gasteiger partial charge < -0.3 is 50.2 Å². The third-order valence-electron chi connectivity index (χ3n) is 22.2. The SMILES string of the molecule is CN1CCN(C2=Nc3ccccc3Cc3ccc(Cl)cc32)CC1.Cc1cc2c(s1)Cc1ccccc1N=C2N1CCN(C)CC1.Cc1cc2c(s1)Cc1ccccc1N=C2N1CCNCC1.Cc1cc2c(s1)Cc1ccccc1N=C2N1CC[N+](C)(O)CC1.Clc1ccc2c(c1)N=C(N1CCNCC1)c1ccccc1N2. The first-order valence-corrected chi connectivity index (χ1v) is 42.4. The lowest BCUT2D eigenvalue weighted by molar-refractivity contribution is -1.09. The fraction of sp³-hybridized carbons (Fsp3) is 0.337. The molecule has 20 rings (SSSR count). The molecule has 0 unspecified atom stereocenters. The van der Waals surface area contributed by atoms with E-state index in [1.54, 1.807) is 0 Å². The molecule has 5 fully saturated rings. The number of hydrogen-bond acceptors (Lipinski definition) is 19. The Labute approximate surface area is 675 Å². The summed E-state index contributed by atoms with van der Waals surface area (Å²) in [5, 5.41) is 22.0. The van der Waals surface area contributed by atoms with Crippen LogP contribution in [0.5, 0.6) is 0 Å². The zero-order chi connectivity index (χ0) is 76.1. The van der Waals surface area contributed by atoms with Crippen LogP contribution in [0.25, 0.3) is 0 Å². The number of hydroxylamine groups is 3. The molecule has 0 radical (unpaired) electrons. The molecule has 0 amide bonds. The maximum atomic E-state index is 10.2. The Balaban J connectivity index is 0.000000105. The van der Waals surface area contributed by atoms with Crippen LogP contribution in [0.3, 0.4) is 0 Å². The molecule has 10 aromatic rings. The van der Waals surface area contributed by atoms with Crippen molar-refractivity contribution in [3.8, 4) is 0 Å². The van der Waals surface area contributed by atoms with Gasteiger partial charge in [0.1, 0.15) is 42.3 Å². The van der Waals surface area contributed by atoms with Gasteiger partial charge >= 0.3 is 0 Å². The number of para-hydroxylation sites is 5. The number of halogens is 2. The maximum Gasteiger partial charge on any atom is 0.138 e. The summed E-state index contributed by atoms with van der Waals surface area (Å²) in [6.45, 7) is 26.2. The van der Waals surface area contributed by atoms with Crippen LogP contribution in [-0.2, 0) is 25.7 Å². The van der Waals surface area contributed by atoms with Crippen molar-refractivity contribution in [2.24, 2.45) is 25.0 Å². The monoisotopic (exact) mass is 1570 g/mol. The second-order valence-electron chi connectivity index (χ2n) is 30.4. The van der Waals surface area contributed by atoms with E-state index in [1.165, 1.54) is 91.0 Å². The quantitative estimate of drug-likeness (QED) is 0.108. The predicted octanol–water partition coefficient (Wildman–Crippen LogP) is 16.4. The number of benzene rings is 7. The Bertz CT molecular complexity index is 5170. The summed E-state index contributed by atoms with van der Waals surface area (Å²) in [5.74, 6) is 5.51. The van der Waals surface area contributed by atoms with E-state index in [0.717, 1.165) is 224 Å². The summed E-state index contributed by atoms with van der Waals surface area (Å²) in [4.78, 5) is 50.2. The molecule has 111 heavy (non-hydrogen) atoms. The molecule has 572 valence electrons. The first-order chi connectivity index (χ1) is 54.0. The highest BCUT2D eigenvalue weighted by Gasteiger charge is 2.34. The van der Waals surface area contributed by atoms with E-state index < -0.39 is 0 Å². The molecule has 0 bridgehead atoms. The van der Waals surface area contributed by atoms with E-state index in [1.807, 2.05) is 71.4 Å². The molecule has 17 nitrogen and oxygen atoms in total. The zero-order valence-electron chi connectivity index (χ0n) is 64.5. The van der Waals surface area contributed by atoms with Crippen molar-refractivity contribution in [3.05, 3.63) is 271 Å². The average molecular weight is 1580 g/mol. The minimum atomic E-state index is 0.107. The van der Waals surface area contributed by atoms with E-state index in [-0.39, 0.29) is 4.65 Å². The predicted molar refractivity (Wildman–Crippen MR) is 464 cm³/mol. The van der Waals surface area contributed by atoms with Crippen molar-refractivity contribution in [1.29, 1.82) is 0 Å². The minimum absolute atomic E-state index is 0.107. The molecular weight excluding hydrogens is 1480 g/mol. The number of rotatable bonds is 0. The van der Waals surface area contributed by atoms with Crippen LogP contribution in [0.15, 0.2) is 201 Å². The number of aryl methyl sites for hydroxylation is 3. The van der Waals surface area contributed by atoms with Gasteiger partial charge in [-0.3, -0.25) is 0 Å². The van der Waals surface area contributed by atoms with Gasteiger partial charge in [0, 0.05) is 203 Å². The van der Waals surface area contributed by atoms with E-state index in [0.29, 0.717) is 5.02 Å². The number of quaternary nitrogens is 1. The Kier molecular flexibility index (Phi) is 23.5. The highest BCUT2D eigenvalue weighted by Crippen LogP contribution is 2.41. The van der Waals surface area contributed by atoms with Crippen molar-refractivity contribution in [2.75, 3.05) is 157 Å². The number of fused-ring (bicyclic) bond motifs is 10. The summed E-state index contributed by atoms with van der Waals surface area (Å²) in [6, 6.07) is 61.2. The molecule has 0 saturated carbocycles. The van der Waals surface area contributed by atoms with Gasteiger partial charge in [-0.2, -0.15) is 4.65 Å². The van der Waals surface area contributed by atoms with Gasteiger partial charge in [0.25, 0.3) is 0 Å². The van der Waals surface area contributed by atoms with Gasteiger partial charge in [0.05, 0.1) is 54.3 Å². The largest absolute Gasteiger partial charge is 0.354 e. The Hall–Kier alpha value is -8.87. The Morgan fingerprint density at radius 3 is 1.14 bits per heavy atom. The number of thiophene rings is 3. The number of anilines is 2. The highest BCUT2D eigenvalue weighted by atomic mass is 35.5. The van der Waals surface area contributed by atoms with Crippen LogP contribution in [0.1, 0.15) is 84.9 Å². The molecular formula is C89H99Cl2N16OS3+. The lowest BCUT2D eigenvalue weighted by atomic mass is 9.99. The molecule has 5 saturated heterocycles. The van der Waals surface area contributed by atoms with Crippen LogP contribution < -0.4 is 16.0 Å². The highest BCUT2D eigenvalue weighted by molar-refractivity contribution is 7.13. The smallest absolute Gasteiger partial charge is 0.138 e. The third kappa shape index (κ3) is 17.8. The molecule has 10 aliphatic rings. The summed E-state index contributed by atoms with van der Waals surface area (Å²) in [6.07, 6.45) is 3.87. The summed E-state index contributed by atoms with van der Waals surface area (Å²) in [5.41, 5.74) is 20.2. The van der Waals surface area contributed by atoms with Crippen molar-refractivity contribution in [2.45, 2.75) is 46.5 Å². The molecule has 0 aliphatic carbocycles. The van der Waals surface area contributed by atoms with E-state index in [4.69, 9.17) is 48.2 Å². The Morgan fingerprint density at radius 1 is 0.342 bits per heavy atom. The van der Waals surface area contributed by atoms with Gasteiger partial charge in [-0.15, -0.1) is 34.0 Å². The van der Waals surface area contributed by atoms with Gasteiger partial charge in [-0.25, -0.2) is 30.2 Å². The molecule has 0 atom stereocenters. The number of piperazine rings is 5. The van der Waals surface area contributed by atoms with E-state index >= 15 is 0 Å². The first kappa shape index (κ1) is 76.1. The van der Waals surface area contributed by atoms with E-state index in [9.17, 15) is 5.21 Å².